The van der Waals surface area contributed by atoms with Crippen molar-refractivity contribution in [2.75, 3.05) is 33.5 Å². The number of benzene rings is 1. The lowest BCUT2D eigenvalue weighted by molar-refractivity contribution is 0.0385. The zero-order chi connectivity index (χ0) is 14.1. The quantitative estimate of drug-likeness (QED) is 0.453. The van der Waals surface area contributed by atoms with Gasteiger partial charge in [0.2, 0.25) is 0 Å². The molecule has 0 amide bonds. The number of methoxy groups -OCH3 is 1. The largest absolute Gasteiger partial charge is 0.462 e. The number of hydrogen-bond donors (Lipinski definition) is 1. The average Bonchev–Trinajstić information content (AvgIpc) is 2.40. The number of halogens is 1. The van der Waals surface area contributed by atoms with Crippen LogP contribution in [0.1, 0.15) is 16.8 Å². The van der Waals surface area contributed by atoms with Gasteiger partial charge in [-0.15, -0.1) is 12.6 Å². The topological polar surface area (TPSA) is 44.8 Å². The fourth-order valence-corrected chi connectivity index (χ4v) is 1.51. The summed E-state index contributed by atoms with van der Waals surface area (Å²) in [6, 6.07) is 3.90. The van der Waals surface area contributed by atoms with Gasteiger partial charge in [-0.2, -0.15) is 0 Å². The first-order valence-corrected chi connectivity index (χ1v) is 6.32. The Kier molecular flexibility index (Phi) is 7.47. The molecule has 0 saturated carbocycles. The van der Waals surface area contributed by atoms with Crippen LogP contribution in [0.15, 0.2) is 23.1 Å². The molecule has 0 radical (unpaired) electrons. The third kappa shape index (κ3) is 6.04. The third-order valence-electron chi connectivity index (χ3n) is 2.28. The molecule has 1 rings (SSSR count). The van der Waals surface area contributed by atoms with Crippen LogP contribution in [0.2, 0.25) is 0 Å². The Morgan fingerprint density at radius 1 is 1.26 bits per heavy atom. The summed E-state index contributed by atoms with van der Waals surface area (Å²) in [5.41, 5.74) is 0.284. The van der Waals surface area contributed by atoms with Crippen LogP contribution in [-0.2, 0) is 14.2 Å². The van der Waals surface area contributed by atoms with E-state index in [1.807, 2.05) is 0 Å². The molecule has 6 heteroatoms. The van der Waals surface area contributed by atoms with Gasteiger partial charge in [0.25, 0.3) is 0 Å². The van der Waals surface area contributed by atoms with E-state index in [1.165, 1.54) is 18.2 Å². The maximum atomic E-state index is 13.0. The number of carbonyl (C=O) groups is 1. The molecule has 1 aromatic carbocycles. The summed E-state index contributed by atoms with van der Waals surface area (Å²) < 4.78 is 28.0. The number of carbonyl (C=O) groups excluding carboxylic acids is 1. The van der Waals surface area contributed by atoms with Crippen molar-refractivity contribution >= 4 is 18.6 Å². The molecule has 0 aromatic heterocycles. The van der Waals surface area contributed by atoms with Gasteiger partial charge in [-0.05, 0) is 18.2 Å². The molecular formula is C13H17FO4S. The van der Waals surface area contributed by atoms with E-state index >= 15 is 0 Å². The minimum atomic E-state index is -0.493. The average molecular weight is 288 g/mol. The van der Waals surface area contributed by atoms with Crippen molar-refractivity contribution in [1.82, 2.24) is 0 Å². The molecule has 0 heterocycles. The molecule has 0 bridgehead atoms. The Hall–Kier alpha value is -1.11. The third-order valence-corrected chi connectivity index (χ3v) is 2.62. The second kappa shape index (κ2) is 8.90. The van der Waals surface area contributed by atoms with Crippen LogP contribution in [0.4, 0.5) is 4.39 Å². The van der Waals surface area contributed by atoms with E-state index in [0.29, 0.717) is 26.2 Å². The smallest absolute Gasteiger partial charge is 0.338 e. The summed E-state index contributed by atoms with van der Waals surface area (Å²) in [6.07, 6.45) is 0.602. The first-order valence-electron chi connectivity index (χ1n) is 5.87. The molecule has 0 aliphatic rings. The number of ether oxygens (including phenoxy) is 3. The fourth-order valence-electron chi connectivity index (χ4n) is 1.29. The van der Waals surface area contributed by atoms with Crippen LogP contribution < -0.4 is 0 Å². The molecule has 106 valence electrons. The maximum Gasteiger partial charge on any atom is 0.338 e. The predicted molar refractivity (Wildman–Crippen MR) is 71.2 cm³/mol. The van der Waals surface area contributed by atoms with Crippen LogP contribution in [0.3, 0.4) is 0 Å². The van der Waals surface area contributed by atoms with Crippen molar-refractivity contribution in [3.63, 3.8) is 0 Å². The van der Waals surface area contributed by atoms with Crippen molar-refractivity contribution in [3.05, 3.63) is 29.6 Å². The molecule has 0 N–H and O–H groups in total. The molecule has 0 aliphatic heterocycles. The first kappa shape index (κ1) is 15.9. The summed E-state index contributed by atoms with van der Waals surface area (Å²) in [5.74, 6) is -0.960. The SMILES string of the molecule is COCCOCCCOC(=O)c1ccc(F)c(S)c1. The van der Waals surface area contributed by atoms with Gasteiger partial charge >= 0.3 is 5.97 Å². The Morgan fingerprint density at radius 2 is 2.05 bits per heavy atom. The molecule has 0 unspecified atom stereocenters. The van der Waals surface area contributed by atoms with E-state index in [4.69, 9.17) is 14.2 Å². The Labute approximate surface area is 117 Å². The molecule has 4 nitrogen and oxygen atoms in total. The van der Waals surface area contributed by atoms with Gasteiger partial charge in [0.05, 0.1) is 25.4 Å². The van der Waals surface area contributed by atoms with E-state index in [0.717, 1.165) is 0 Å². The maximum absolute atomic E-state index is 13.0. The Bertz CT molecular complexity index is 412. The molecule has 19 heavy (non-hydrogen) atoms. The Morgan fingerprint density at radius 3 is 2.74 bits per heavy atom. The number of esters is 1. The normalized spacial score (nSPS) is 10.5. The molecule has 0 atom stereocenters. The van der Waals surface area contributed by atoms with Crippen molar-refractivity contribution in [3.8, 4) is 0 Å². The van der Waals surface area contributed by atoms with E-state index in [2.05, 4.69) is 12.6 Å². The Balaban J connectivity index is 2.22. The van der Waals surface area contributed by atoms with Crippen LogP contribution in [-0.4, -0.2) is 39.5 Å². The van der Waals surface area contributed by atoms with Gasteiger partial charge < -0.3 is 14.2 Å². The molecule has 0 saturated heterocycles. The zero-order valence-electron chi connectivity index (χ0n) is 10.7. The lowest BCUT2D eigenvalue weighted by Crippen LogP contribution is -2.10. The lowest BCUT2D eigenvalue weighted by atomic mass is 10.2. The van der Waals surface area contributed by atoms with E-state index in [-0.39, 0.29) is 17.1 Å². The molecule has 1 aromatic rings. The zero-order valence-corrected chi connectivity index (χ0v) is 11.6. The predicted octanol–water partition coefficient (Wildman–Crippen LogP) is 2.32. The second-order valence-electron chi connectivity index (χ2n) is 3.76. The standard InChI is InChI=1S/C13H17FO4S/c1-16-7-8-17-5-2-6-18-13(15)10-3-4-11(14)12(19)9-10/h3-4,9,19H,2,5-8H2,1H3. The minimum absolute atomic E-state index is 0.123. The van der Waals surface area contributed by atoms with Gasteiger partial charge in [0, 0.05) is 25.0 Å². The highest BCUT2D eigenvalue weighted by Crippen LogP contribution is 2.14. The fraction of sp³-hybridized carbons (Fsp3) is 0.462. The molecule has 0 spiro atoms. The van der Waals surface area contributed by atoms with Crippen molar-refractivity contribution in [1.29, 1.82) is 0 Å². The monoisotopic (exact) mass is 288 g/mol. The van der Waals surface area contributed by atoms with E-state index < -0.39 is 11.8 Å². The van der Waals surface area contributed by atoms with Crippen LogP contribution in [0, 0.1) is 5.82 Å². The summed E-state index contributed by atoms with van der Waals surface area (Å²) in [6.45, 7) is 1.81. The minimum Gasteiger partial charge on any atom is -0.462 e. The molecule has 0 fully saturated rings. The van der Waals surface area contributed by atoms with E-state index in [1.54, 1.807) is 7.11 Å². The second-order valence-corrected chi connectivity index (χ2v) is 4.24. The highest BCUT2D eigenvalue weighted by atomic mass is 32.1. The van der Waals surface area contributed by atoms with Crippen molar-refractivity contribution in [2.24, 2.45) is 0 Å². The number of hydrogen-bond acceptors (Lipinski definition) is 5. The highest BCUT2D eigenvalue weighted by molar-refractivity contribution is 7.80. The molecule has 0 aliphatic carbocycles. The van der Waals surface area contributed by atoms with Gasteiger partial charge in [-0.3, -0.25) is 0 Å². The van der Waals surface area contributed by atoms with Gasteiger partial charge in [0.1, 0.15) is 5.82 Å². The summed E-state index contributed by atoms with van der Waals surface area (Å²) in [5, 5.41) is 0. The summed E-state index contributed by atoms with van der Waals surface area (Å²) in [4.78, 5) is 11.7. The van der Waals surface area contributed by atoms with Gasteiger partial charge in [-0.25, -0.2) is 9.18 Å². The highest BCUT2D eigenvalue weighted by Gasteiger charge is 2.09. The van der Waals surface area contributed by atoms with Gasteiger partial charge in [-0.1, -0.05) is 0 Å². The lowest BCUT2D eigenvalue weighted by Gasteiger charge is -2.06. The van der Waals surface area contributed by atoms with Crippen molar-refractivity contribution in [2.45, 2.75) is 11.3 Å². The summed E-state index contributed by atoms with van der Waals surface area (Å²) in [7, 11) is 1.60. The summed E-state index contributed by atoms with van der Waals surface area (Å²) >= 11 is 3.90. The van der Waals surface area contributed by atoms with E-state index in [9.17, 15) is 9.18 Å². The number of rotatable bonds is 8. The van der Waals surface area contributed by atoms with Crippen LogP contribution in [0.25, 0.3) is 0 Å². The van der Waals surface area contributed by atoms with Crippen molar-refractivity contribution < 1.29 is 23.4 Å². The number of thiol groups is 1. The first-order chi connectivity index (χ1) is 9.15. The molecular weight excluding hydrogens is 271 g/mol. The van der Waals surface area contributed by atoms with Crippen LogP contribution >= 0.6 is 12.6 Å². The van der Waals surface area contributed by atoms with Gasteiger partial charge in [0.15, 0.2) is 0 Å². The van der Waals surface area contributed by atoms with Crippen LogP contribution in [0.5, 0.6) is 0 Å².